The zero-order chi connectivity index (χ0) is 21.3. The molecule has 1 N–H and O–H groups in total. The number of carbonyl (C=O) groups is 1. The molecule has 158 valence electrons. The molecule has 0 saturated carbocycles. The van der Waals surface area contributed by atoms with Crippen LogP contribution in [0.3, 0.4) is 0 Å². The summed E-state index contributed by atoms with van der Waals surface area (Å²) in [6, 6.07) is 16.3. The summed E-state index contributed by atoms with van der Waals surface area (Å²) in [6.45, 7) is 7.52. The highest BCUT2D eigenvalue weighted by Crippen LogP contribution is 2.21. The van der Waals surface area contributed by atoms with Gasteiger partial charge >= 0.3 is 0 Å². The Morgan fingerprint density at radius 1 is 1.20 bits per heavy atom. The number of nitrogens with one attached hydrogen (secondary N) is 1. The van der Waals surface area contributed by atoms with Crippen LogP contribution in [0.2, 0.25) is 0 Å². The topological polar surface area (TPSA) is 69.0 Å². The molecule has 1 aromatic heterocycles. The maximum Gasteiger partial charge on any atom is 0.230 e. The van der Waals surface area contributed by atoms with E-state index in [0.29, 0.717) is 30.0 Å². The average Bonchev–Trinajstić information content (AvgIpc) is 3.21. The third-order valence-corrected chi connectivity index (χ3v) is 5.53. The molecular formula is C23H28N4O2S. The second-order valence-corrected chi connectivity index (χ2v) is 8.33. The standard InChI is InChI=1S/C23H28N4O2S/c1-17(2)19-8-10-20(11-9-19)27-16-25-26-23(27)30-15-22(28)24-12-5-13-29-21-7-4-6-18(3)14-21/h4,6-11,14,16-17H,5,12-13,15H2,1-3H3,(H,24,28). The number of aryl methyl sites for hydroxylation is 1. The fourth-order valence-electron chi connectivity index (χ4n) is 2.90. The molecule has 0 saturated heterocycles. The van der Waals surface area contributed by atoms with Gasteiger partial charge in [0.15, 0.2) is 5.16 Å². The first-order valence-corrected chi connectivity index (χ1v) is 11.1. The number of ether oxygens (including phenoxy) is 1. The van der Waals surface area contributed by atoms with Crippen LogP contribution in [0.25, 0.3) is 5.69 Å². The molecule has 2 aromatic carbocycles. The molecular weight excluding hydrogens is 396 g/mol. The second-order valence-electron chi connectivity index (χ2n) is 7.39. The van der Waals surface area contributed by atoms with Crippen molar-refractivity contribution in [3.8, 4) is 11.4 Å². The van der Waals surface area contributed by atoms with Gasteiger partial charge in [0.05, 0.1) is 12.4 Å². The van der Waals surface area contributed by atoms with Crippen molar-refractivity contribution in [1.29, 1.82) is 0 Å². The van der Waals surface area contributed by atoms with Gasteiger partial charge < -0.3 is 10.1 Å². The summed E-state index contributed by atoms with van der Waals surface area (Å²) in [5, 5.41) is 11.8. The highest BCUT2D eigenvalue weighted by atomic mass is 32.2. The number of thioether (sulfide) groups is 1. The van der Waals surface area contributed by atoms with Gasteiger partial charge in [-0.25, -0.2) is 0 Å². The van der Waals surface area contributed by atoms with E-state index >= 15 is 0 Å². The summed E-state index contributed by atoms with van der Waals surface area (Å²) >= 11 is 1.38. The van der Waals surface area contributed by atoms with Crippen LogP contribution in [0.4, 0.5) is 0 Å². The third kappa shape index (κ3) is 6.35. The van der Waals surface area contributed by atoms with Crippen LogP contribution in [0, 0.1) is 6.92 Å². The van der Waals surface area contributed by atoms with Crippen LogP contribution in [-0.2, 0) is 4.79 Å². The van der Waals surface area contributed by atoms with Crippen LogP contribution in [0.1, 0.15) is 37.3 Å². The highest BCUT2D eigenvalue weighted by molar-refractivity contribution is 7.99. The number of benzene rings is 2. The van der Waals surface area contributed by atoms with Gasteiger partial charge in [0, 0.05) is 12.2 Å². The van der Waals surface area contributed by atoms with Crippen molar-refractivity contribution >= 4 is 17.7 Å². The largest absolute Gasteiger partial charge is 0.494 e. The smallest absolute Gasteiger partial charge is 0.230 e. The normalized spacial score (nSPS) is 10.9. The van der Waals surface area contributed by atoms with Gasteiger partial charge in [-0.05, 0) is 54.7 Å². The summed E-state index contributed by atoms with van der Waals surface area (Å²) in [7, 11) is 0. The molecule has 0 spiro atoms. The molecule has 6 nitrogen and oxygen atoms in total. The van der Waals surface area contributed by atoms with Gasteiger partial charge in [-0.15, -0.1) is 10.2 Å². The summed E-state index contributed by atoms with van der Waals surface area (Å²) in [4.78, 5) is 12.2. The van der Waals surface area contributed by atoms with E-state index in [1.54, 1.807) is 6.33 Å². The molecule has 0 atom stereocenters. The minimum atomic E-state index is -0.0275. The average molecular weight is 425 g/mol. The Balaban J connectivity index is 1.40. The molecule has 0 bridgehead atoms. The Kier molecular flexibility index (Phi) is 7.90. The molecule has 0 unspecified atom stereocenters. The van der Waals surface area contributed by atoms with E-state index in [-0.39, 0.29) is 5.91 Å². The Morgan fingerprint density at radius 2 is 2.00 bits per heavy atom. The lowest BCUT2D eigenvalue weighted by Crippen LogP contribution is -2.27. The number of hydrogen-bond donors (Lipinski definition) is 1. The maximum atomic E-state index is 12.2. The van der Waals surface area contributed by atoms with E-state index in [9.17, 15) is 4.79 Å². The zero-order valence-electron chi connectivity index (χ0n) is 17.7. The molecule has 0 radical (unpaired) electrons. The van der Waals surface area contributed by atoms with Crippen LogP contribution in [-0.4, -0.2) is 39.6 Å². The number of aromatic nitrogens is 3. The second kappa shape index (κ2) is 10.8. The number of carbonyl (C=O) groups excluding carboxylic acids is 1. The minimum absolute atomic E-state index is 0.0275. The summed E-state index contributed by atoms with van der Waals surface area (Å²) in [5.74, 6) is 1.61. The van der Waals surface area contributed by atoms with Gasteiger partial charge in [0.1, 0.15) is 12.1 Å². The van der Waals surface area contributed by atoms with Gasteiger partial charge in [0.2, 0.25) is 5.91 Å². The lowest BCUT2D eigenvalue weighted by Gasteiger charge is -2.10. The van der Waals surface area contributed by atoms with E-state index < -0.39 is 0 Å². The fraction of sp³-hybridized carbons (Fsp3) is 0.348. The van der Waals surface area contributed by atoms with Crippen molar-refractivity contribution in [3.05, 3.63) is 66.0 Å². The maximum absolute atomic E-state index is 12.2. The Hall–Kier alpha value is -2.80. The number of rotatable bonds is 10. The molecule has 0 aliphatic rings. The van der Waals surface area contributed by atoms with Crippen molar-refractivity contribution in [2.45, 2.75) is 38.3 Å². The first-order chi connectivity index (χ1) is 14.5. The lowest BCUT2D eigenvalue weighted by molar-refractivity contribution is -0.118. The van der Waals surface area contributed by atoms with E-state index in [1.807, 2.05) is 35.8 Å². The fourth-order valence-corrected chi connectivity index (χ4v) is 3.65. The van der Waals surface area contributed by atoms with Crippen LogP contribution < -0.4 is 10.1 Å². The molecule has 1 amide bonds. The highest BCUT2D eigenvalue weighted by Gasteiger charge is 2.10. The first kappa shape index (κ1) is 21.9. The quantitative estimate of drug-likeness (QED) is 0.386. The molecule has 0 fully saturated rings. The first-order valence-electron chi connectivity index (χ1n) is 10.1. The van der Waals surface area contributed by atoms with Gasteiger partial charge in [-0.3, -0.25) is 9.36 Å². The van der Waals surface area contributed by atoms with Gasteiger partial charge in [-0.2, -0.15) is 0 Å². The van der Waals surface area contributed by atoms with E-state index in [1.165, 1.54) is 22.9 Å². The van der Waals surface area contributed by atoms with E-state index in [0.717, 1.165) is 17.9 Å². The van der Waals surface area contributed by atoms with Gasteiger partial charge in [-0.1, -0.05) is 49.9 Å². The van der Waals surface area contributed by atoms with Gasteiger partial charge in [0.25, 0.3) is 0 Å². The van der Waals surface area contributed by atoms with E-state index in [2.05, 4.69) is 53.6 Å². The van der Waals surface area contributed by atoms with Crippen molar-refractivity contribution in [1.82, 2.24) is 20.1 Å². The van der Waals surface area contributed by atoms with Crippen molar-refractivity contribution in [3.63, 3.8) is 0 Å². The number of amides is 1. The predicted octanol–water partition coefficient (Wildman–Crippen LogP) is 4.38. The summed E-state index contributed by atoms with van der Waals surface area (Å²) in [5.41, 5.74) is 3.44. The monoisotopic (exact) mass is 424 g/mol. The molecule has 0 aliphatic carbocycles. The molecule has 7 heteroatoms. The molecule has 0 aliphatic heterocycles. The molecule has 1 heterocycles. The Labute approximate surface area is 182 Å². The zero-order valence-corrected chi connectivity index (χ0v) is 18.5. The Bertz CT molecular complexity index is 954. The third-order valence-electron chi connectivity index (χ3n) is 4.59. The van der Waals surface area contributed by atoms with Crippen molar-refractivity contribution in [2.24, 2.45) is 0 Å². The minimum Gasteiger partial charge on any atom is -0.494 e. The summed E-state index contributed by atoms with van der Waals surface area (Å²) < 4.78 is 7.60. The van der Waals surface area contributed by atoms with Crippen molar-refractivity contribution in [2.75, 3.05) is 18.9 Å². The summed E-state index contributed by atoms with van der Waals surface area (Å²) in [6.07, 6.45) is 2.43. The number of hydrogen-bond acceptors (Lipinski definition) is 5. The predicted molar refractivity (Wildman–Crippen MR) is 120 cm³/mol. The van der Waals surface area contributed by atoms with Crippen LogP contribution >= 0.6 is 11.8 Å². The molecule has 30 heavy (non-hydrogen) atoms. The van der Waals surface area contributed by atoms with E-state index in [4.69, 9.17) is 4.74 Å². The molecule has 3 aromatic rings. The number of nitrogens with zero attached hydrogens (tertiary/aromatic N) is 3. The van der Waals surface area contributed by atoms with Crippen LogP contribution in [0.5, 0.6) is 5.75 Å². The SMILES string of the molecule is Cc1cccc(OCCCNC(=O)CSc2nncn2-c2ccc(C(C)C)cc2)c1. The van der Waals surface area contributed by atoms with Crippen molar-refractivity contribution < 1.29 is 9.53 Å². The van der Waals surface area contributed by atoms with Crippen LogP contribution in [0.15, 0.2) is 60.0 Å². The lowest BCUT2D eigenvalue weighted by atomic mass is 10.0. The molecule has 3 rings (SSSR count). The Morgan fingerprint density at radius 3 is 2.73 bits per heavy atom.